The molecule has 1 aromatic heterocycles. The zero-order valence-corrected chi connectivity index (χ0v) is 13.2. The van der Waals surface area contributed by atoms with E-state index in [0.717, 1.165) is 38.4 Å². The van der Waals surface area contributed by atoms with Crippen LogP contribution in [0.3, 0.4) is 0 Å². The quantitative estimate of drug-likeness (QED) is 0.927. The van der Waals surface area contributed by atoms with Crippen molar-refractivity contribution < 1.29 is 9.15 Å². The van der Waals surface area contributed by atoms with Crippen LogP contribution in [0.25, 0.3) is 0 Å². The van der Waals surface area contributed by atoms with Gasteiger partial charge in [-0.05, 0) is 44.5 Å². The number of furan rings is 1. The van der Waals surface area contributed by atoms with Gasteiger partial charge in [0.15, 0.2) is 0 Å². The van der Waals surface area contributed by atoms with Gasteiger partial charge in [0.2, 0.25) is 0 Å². The third kappa shape index (κ3) is 2.55. The molecule has 0 fully saturated rings. The zero-order valence-electron chi connectivity index (χ0n) is 11.6. The Bertz CT molecular complexity index is 604. The third-order valence-electron chi connectivity index (χ3n) is 3.46. The van der Waals surface area contributed by atoms with Gasteiger partial charge in [0.05, 0.1) is 13.2 Å². The summed E-state index contributed by atoms with van der Waals surface area (Å²) in [5.41, 5.74) is 9.50. The van der Waals surface area contributed by atoms with Crippen molar-refractivity contribution in [2.45, 2.75) is 26.8 Å². The lowest BCUT2D eigenvalue weighted by Crippen LogP contribution is -2.14. The van der Waals surface area contributed by atoms with Crippen molar-refractivity contribution in [3.63, 3.8) is 0 Å². The molecule has 19 heavy (non-hydrogen) atoms. The van der Waals surface area contributed by atoms with E-state index < -0.39 is 0 Å². The number of rotatable bonds is 3. The normalized spacial score (nSPS) is 12.5. The van der Waals surface area contributed by atoms with Crippen LogP contribution in [0.15, 0.2) is 27.1 Å². The van der Waals surface area contributed by atoms with Crippen LogP contribution in [-0.2, 0) is 0 Å². The molecule has 0 aliphatic heterocycles. The van der Waals surface area contributed by atoms with E-state index in [0.29, 0.717) is 0 Å². The van der Waals surface area contributed by atoms with E-state index in [1.165, 1.54) is 0 Å². The minimum Gasteiger partial charge on any atom is -0.496 e. The molecule has 2 aromatic rings. The van der Waals surface area contributed by atoms with E-state index in [1.54, 1.807) is 7.11 Å². The Hall–Kier alpha value is -1.26. The maximum Gasteiger partial charge on any atom is 0.124 e. The minimum absolute atomic E-state index is 0.259. The molecule has 0 spiro atoms. The van der Waals surface area contributed by atoms with Crippen molar-refractivity contribution >= 4 is 15.9 Å². The lowest BCUT2D eigenvalue weighted by Gasteiger charge is -2.16. The maximum atomic E-state index is 6.42. The number of aryl methyl sites for hydroxylation is 2. The Morgan fingerprint density at radius 1 is 1.21 bits per heavy atom. The molecule has 1 aromatic carbocycles. The lowest BCUT2D eigenvalue weighted by atomic mass is 9.95. The molecule has 4 heteroatoms. The van der Waals surface area contributed by atoms with Crippen LogP contribution in [0.4, 0.5) is 0 Å². The first-order valence-electron chi connectivity index (χ1n) is 6.11. The van der Waals surface area contributed by atoms with Gasteiger partial charge >= 0.3 is 0 Å². The molecule has 102 valence electrons. The van der Waals surface area contributed by atoms with E-state index >= 15 is 0 Å². The SMILES string of the molecule is COc1ccc(Br)cc1C(N)c1c(C)oc(C)c1C. The van der Waals surface area contributed by atoms with Gasteiger partial charge < -0.3 is 14.9 Å². The summed E-state index contributed by atoms with van der Waals surface area (Å²) in [6.07, 6.45) is 0. The number of ether oxygens (including phenoxy) is 1. The standard InChI is InChI=1S/C15H18BrNO2/c1-8-9(2)19-10(3)14(8)15(17)12-7-11(16)5-6-13(12)18-4/h5-7,15H,17H2,1-4H3. The molecule has 1 unspecified atom stereocenters. The van der Waals surface area contributed by atoms with Gasteiger partial charge in [-0.15, -0.1) is 0 Å². The predicted octanol–water partition coefficient (Wildman–Crippen LogP) is 4.02. The van der Waals surface area contributed by atoms with E-state index in [9.17, 15) is 0 Å². The highest BCUT2D eigenvalue weighted by molar-refractivity contribution is 9.10. The Balaban J connectivity index is 2.55. The highest BCUT2D eigenvalue weighted by Crippen LogP contribution is 2.35. The van der Waals surface area contributed by atoms with E-state index in [1.807, 2.05) is 39.0 Å². The van der Waals surface area contributed by atoms with Crippen molar-refractivity contribution in [3.05, 3.63) is 50.9 Å². The Kier molecular flexibility index (Phi) is 4.02. The van der Waals surface area contributed by atoms with Gasteiger partial charge in [-0.2, -0.15) is 0 Å². The van der Waals surface area contributed by atoms with Crippen LogP contribution in [0, 0.1) is 20.8 Å². The van der Waals surface area contributed by atoms with Crippen molar-refractivity contribution in [2.24, 2.45) is 5.73 Å². The lowest BCUT2D eigenvalue weighted by molar-refractivity contribution is 0.407. The average molecular weight is 324 g/mol. The number of methoxy groups -OCH3 is 1. The van der Waals surface area contributed by atoms with Gasteiger partial charge in [-0.3, -0.25) is 0 Å². The van der Waals surface area contributed by atoms with Crippen molar-refractivity contribution in [2.75, 3.05) is 7.11 Å². The number of hydrogen-bond donors (Lipinski definition) is 1. The zero-order chi connectivity index (χ0) is 14.2. The summed E-state index contributed by atoms with van der Waals surface area (Å²) >= 11 is 3.47. The van der Waals surface area contributed by atoms with Gasteiger partial charge in [-0.1, -0.05) is 15.9 Å². The van der Waals surface area contributed by atoms with Crippen LogP contribution < -0.4 is 10.5 Å². The largest absolute Gasteiger partial charge is 0.496 e. The summed E-state index contributed by atoms with van der Waals surface area (Å²) in [6, 6.07) is 5.58. The van der Waals surface area contributed by atoms with Crippen LogP contribution in [0.5, 0.6) is 5.75 Å². The van der Waals surface area contributed by atoms with Crippen LogP contribution in [0.2, 0.25) is 0 Å². The molecular weight excluding hydrogens is 306 g/mol. The summed E-state index contributed by atoms with van der Waals surface area (Å²) in [6.45, 7) is 5.93. The van der Waals surface area contributed by atoms with Crippen LogP contribution in [0.1, 0.15) is 34.3 Å². The minimum atomic E-state index is -0.259. The molecule has 3 nitrogen and oxygen atoms in total. The van der Waals surface area contributed by atoms with Crippen molar-refractivity contribution in [1.29, 1.82) is 0 Å². The smallest absolute Gasteiger partial charge is 0.124 e. The van der Waals surface area contributed by atoms with E-state index in [4.69, 9.17) is 14.9 Å². The molecule has 1 heterocycles. The highest BCUT2D eigenvalue weighted by atomic mass is 79.9. The predicted molar refractivity (Wildman–Crippen MR) is 79.6 cm³/mol. The van der Waals surface area contributed by atoms with Gasteiger partial charge in [0.1, 0.15) is 17.3 Å². The Morgan fingerprint density at radius 2 is 1.89 bits per heavy atom. The van der Waals surface area contributed by atoms with Crippen LogP contribution in [-0.4, -0.2) is 7.11 Å². The average Bonchev–Trinajstić information content (AvgIpc) is 2.62. The first-order chi connectivity index (χ1) is 8.95. The molecule has 0 radical (unpaired) electrons. The summed E-state index contributed by atoms with van der Waals surface area (Å²) in [5, 5.41) is 0. The maximum absolute atomic E-state index is 6.42. The summed E-state index contributed by atoms with van der Waals surface area (Å²) in [7, 11) is 1.65. The van der Waals surface area contributed by atoms with Gasteiger partial charge in [0.25, 0.3) is 0 Å². The van der Waals surface area contributed by atoms with E-state index in [2.05, 4.69) is 15.9 Å². The fourth-order valence-electron chi connectivity index (χ4n) is 2.37. The number of benzene rings is 1. The highest BCUT2D eigenvalue weighted by Gasteiger charge is 2.22. The Labute approximate surface area is 121 Å². The molecule has 0 amide bonds. The van der Waals surface area contributed by atoms with E-state index in [-0.39, 0.29) is 6.04 Å². The first-order valence-corrected chi connectivity index (χ1v) is 6.90. The molecule has 2 rings (SSSR count). The summed E-state index contributed by atoms with van der Waals surface area (Å²) in [4.78, 5) is 0. The molecule has 0 aliphatic carbocycles. The topological polar surface area (TPSA) is 48.4 Å². The second-order valence-corrected chi connectivity index (χ2v) is 5.53. The molecule has 1 atom stereocenters. The molecule has 2 N–H and O–H groups in total. The van der Waals surface area contributed by atoms with Crippen molar-refractivity contribution in [3.8, 4) is 5.75 Å². The number of halogens is 1. The molecule has 0 bridgehead atoms. The molecular formula is C15H18BrNO2. The van der Waals surface area contributed by atoms with Gasteiger partial charge in [-0.25, -0.2) is 0 Å². The van der Waals surface area contributed by atoms with Crippen LogP contribution >= 0.6 is 15.9 Å². The summed E-state index contributed by atoms with van der Waals surface area (Å²) < 4.78 is 12.0. The monoisotopic (exact) mass is 323 g/mol. The second kappa shape index (κ2) is 5.39. The third-order valence-corrected chi connectivity index (χ3v) is 3.95. The molecule has 0 saturated carbocycles. The number of hydrogen-bond acceptors (Lipinski definition) is 3. The number of nitrogens with two attached hydrogens (primary N) is 1. The second-order valence-electron chi connectivity index (χ2n) is 4.62. The fourth-order valence-corrected chi connectivity index (χ4v) is 2.75. The summed E-state index contributed by atoms with van der Waals surface area (Å²) in [5.74, 6) is 2.56. The Morgan fingerprint density at radius 3 is 2.42 bits per heavy atom. The first kappa shape index (κ1) is 14.2. The van der Waals surface area contributed by atoms with Gasteiger partial charge in [0, 0.05) is 15.6 Å². The van der Waals surface area contributed by atoms with Crippen molar-refractivity contribution in [1.82, 2.24) is 0 Å². The molecule has 0 aliphatic rings. The molecule has 0 saturated heterocycles. The fraction of sp³-hybridized carbons (Fsp3) is 0.333.